The first kappa shape index (κ1) is 15.2. The Labute approximate surface area is 128 Å². The molecule has 1 aromatic heterocycles. The van der Waals surface area contributed by atoms with E-state index in [1.165, 1.54) is 25.4 Å². The Morgan fingerprint density at radius 1 is 1.59 bits per heavy atom. The van der Waals surface area contributed by atoms with Crippen LogP contribution >= 0.6 is 0 Å². The fraction of sp³-hybridized carbons (Fsp3) is 0.600. The average Bonchev–Trinajstić information content (AvgIpc) is 2.89. The van der Waals surface area contributed by atoms with E-state index in [-0.39, 0.29) is 29.9 Å². The van der Waals surface area contributed by atoms with E-state index in [1.54, 1.807) is 4.90 Å². The summed E-state index contributed by atoms with van der Waals surface area (Å²) in [6, 6.07) is 2.84. The normalized spacial score (nSPS) is 22.6. The van der Waals surface area contributed by atoms with Crippen LogP contribution in [0.15, 0.2) is 18.3 Å². The van der Waals surface area contributed by atoms with Gasteiger partial charge in [0.15, 0.2) is 5.82 Å². The zero-order chi connectivity index (χ0) is 15.6. The van der Waals surface area contributed by atoms with Gasteiger partial charge in [0.05, 0.1) is 19.7 Å². The highest BCUT2D eigenvalue weighted by Gasteiger charge is 2.54. The molecule has 6 nitrogen and oxygen atoms in total. The van der Waals surface area contributed by atoms with Crippen molar-refractivity contribution in [2.75, 3.05) is 40.0 Å². The van der Waals surface area contributed by atoms with Gasteiger partial charge in [-0.05, 0) is 18.6 Å². The number of carbonyl (C=O) groups is 1. The minimum atomic E-state index is -0.471. The van der Waals surface area contributed by atoms with Crippen LogP contribution in [0.2, 0.25) is 0 Å². The Morgan fingerprint density at radius 3 is 3.14 bits per heavy atom. The Morgan fingerprint density at radius 2 is 2.41 bits per heavy atom. The molecule has 22 heavy (non-hydrogen) atoms. The molecule has 1 atom stereocenters. The van der Waals surface area contributed by atoms with Gasteiger partial charge in [-0.2, -0.15) is 0 Å². The number of hydrogen-bond acceptors (Lipinski definition) is 5. The minimum Gasteiger partial charge on any atom is -0.475 e. The number of pyridine rings is 1. The lowest BCUT2D eigenvalue weighted by molar-refractivity contribution is -0.170. The first-order valence-corrected chi connectivity index (χ1v) is 7.28. The summed E-state index contributed by atoms with van der Waals surface area (Å²) in [7, 11) is 1.50. The highest BCUT2D eigenvalue weighted by atomic mass is 19.1. The van der Waals surface area contributed by atoms with Crippen molar-refractivity contribution in [3.05, 3.63) is 24.1 Å². The predicted molar refractivity (Wildman–Crippen MR) is 74.9 cm³/mol. The Kier molecular flexibility index (Phi) is 4.26. The molecule has 0 saturated carbocycles. The third-order valence-electron chi connectivity index (χ3n) is 4.28. The first-order valence-electron chi connectivity index (χ1n) is 7.28. The molecule has 0 N–H and O–H groups in total. The third kappa shape index (κ3) is 2.78. The second-order valence-electron chi connectivity index (χ2n) is 5.68. The number of rotatable bonds is 5. The zero-order valence-electron chi connectivity index (χ0n) is 12.5. The maximum absolute atomic E-state index is 13.5. The molecule has 0 aromatic carbocycles. The summed E-state index contributed by atoms with van der Waals surface area (Å²) in [5, 5.41) is 0. The van der Waals surface area contributed by atoms with E-state index in [0.29, 0.717) is 26.3 Å². The maximum Gasteiger partial charge on any atom is 0.250 e. The van der Waals surface area contributed by atoms with Gasteiger partial charge >= 0.3 is 0 Å². The molecule has 0 bridgehead atoms. The van der Waals surface area contributed by atoms with Crippen LogP contribution in [0.5, 0.6) is 5.88 Å². The molecule has 1 spiro atoms. The number of likely N-dealkylation sites (tertiary alicyclic amines) is 1. The van der Waals surface area contributed by atoms with Gasteiger partial charge in [0.1, 0.15) is 12.2 Å². The molecule has 3 heterocycles. The summed E-state index contributed by atoms with van der Waals surface area (Å²) in [5.74, 6) is -0.378. The summed E-state index contributed by atoms with van der Waals surface area (Å²) in [6.45, 7) is 2.11. The standard InChI is InChI=1S/C15H19FN2O4/c1-20-8-13(19)18-9-15(10-18)11(4-6-22-15)7-21-14-12(16)3-2-5-17-14/h2-3,5,11H,4,6-10H2,1H3. The molecule has 1 unspecified atom stereocenters. The molecule has 120 valence electrons. The number of hydrogen-bond donors (Lipinski definition) is 0. The highest BCUT2D eigenvalue weighted by molar-refractivity contribution is 5.78. The number of carbonyl (C=O) groups excluding carboxylic acids is 1. The molecule has 2 fully saturated rings. The Hall–Kier alpha value is -1.73. The van der Waals surface area contributed by atoms with E-state index in [1.807, 2.05) is 0 Å². The van der Waals surface area contributed by atoms with Gasteiger partial charge in [0.2, 0.25) is 11.8 Å². The molecule has 1 aromatic rings. The summed E-state index contributed by atoms with van der Waals surface area (Å²) in [4.78, 5) is 17.3. The van der Waals surface area contributed by atoms with Crippen LogP contribution in [0.25, 0.3) is 0 Å². The number of halogens is 1. The van der Waals surface area contributed by atoms with Crippen molar-refractivity contribution in [1.29, 1.82) is 0 Å². The lowest BCUT2D eigenvalue weighted by Gasteiger charge is -2.49. The van der Waals surface area contributed by atoms with E-state index in [2.05, 4.69) is 4.98 Å². The quantitative estimate of drug-likeness (QED) is 0.807. The minimum absolute atomic E-state index is 0.0104. The molecule has 2 aliphatic rings. The van der Waals surface area contributed by atoms with Crippen LogP contribution in [0.1, 0.15) is 6.42 Å². The van der Waals surface area contributed by atoms with Crippen LogP contribution in [-0.4, -0.2) is 61.4 Å². The summed E-state index contributed by atoms with van der Waals surface area (Å²) in [5.41, 5.74) is -0.366. The first-order chi connectivity index (χ1) is 10.6. The summed E-state index contributed by atoms with van der Waals surface area (Å²) < 4.78 is 29.7. The maximum atomic E-state index is 13.5. The fourth-order valence-corrected chi connectivity index (χ4v) is 3.02. The van der Waals surface area contributed by atoms with E-state index in [4.69, 9.17) is 14.2 Å². The molecule has 7 heteroatoms. The third-order valence-corrected chi connectivity index (χ3v) is 4.28. The van der Waals surface area contributed by atoms with E-state index in [0.717, 1.165) is 6.42 Å². The highest BCUT2D eigenvalue weighted by Crippen LogP contribution is 2.40. The van der Waals surface area contributed by atoms with E-state index in [9.17, 15) is 9.18 Å². The number of ether oxygens (including phenoxy) is 3. The topological polar surface area (TPSA) is 60.9 Å². The van der Waals surface area contributed by atoms with Crippen LogP contribution in [-0.2, 0) is 14.3 Å². The molecule has 0 radical (unpaired) electrons. The Balaban J connectivity index is 1.56. The summed E-state index contributed by atoms with van der Waals surface area (Å²) >= 11 is 0. The van der Waals surface area contributed by atoms with Crippen LogP contribution in [0.4, 0.5) is 4.39 Å². The van der Waals surface area contributed by atoms with Gasteiger partial charge in [-0.25, -0.2) is 9.37 Å². The van der Waals surface area contributed by atoms with Gasteiger partial charge in [-0.3, -0.25) is 4.79 Å². The molecule has 2 saturated heterocycles. The van der Waals surface area contributed by atoms with Gasteiger partial charge in [-0.15, -0.1) is 0 Å². The van der Waals surface area contributed by atoms with Gasteiger partial charge in [0, 0.05) is 25.8 Å². The lowest BCUT2D eigenvalue weighted by atomic mass is 9.81. The number of methoxy groups -OCH3 is 1. The van der Waals surface area contributed by atoms with Crippen molar-refractivity contribution in [2.45, 2.75) is 12.0 Å². The van der Waals surface area contributed by atoms with Gasteiger partial charge < -0.3 is 19.1 Å². The molecular weight excluding hydrogens is 291 g/mol. The van der Waals surface area contributed by atoms with Crippen molar-refractivity contribution < 1.29 is 23.4 Å². The zero-order valence-corrected chi connectivity index (χ0v) is 12.5. The molecule has 3 rings (SSSR count). The van der Waals surface area contributed by atoms with Crippen LogP contribution < -0.4 is 4.74 Å². The molecule has 2 aliphatic heterocycles. The van der Waals surface area contributed by atoms with Gasteiger partial charge in [0.25, 0.3) is 0 Å². The van der Waals surface area contributed by atoms with Crippen LogP contribution in [0, 0.1) is 11.7 Å². The lowest BCUT2D eigenvalue weighted by Crippen LogP contribution is -2.67. The van der Waals surface area contributed by atoms with E-state index >= 15 is 0 Å². The predicted octanol–water partition coefficient (Wildman–Crippen LogP) is 0.863. The second-order valence-corrected chi connectivity index (χ2v) is 5.68. The SMILES string of the molecule is COCC(=O)N1CC2(C1)OCCC2COc1ncccc1F. The largest absolute Gasteiger partial charge is 0.475 e. The fourth-order valence-electron chi connectivity index (χ4n) is 3.02. The number of amides is 1. The molecule has 0 aliphatic carbocycles. The Bertz CT molecular complexity index is 548. The van der Waals surface area contributed by atoms with Crippen molar-refractivity contribution >= 4 is 5.91 Å². The number of nitrogens with zero attached hydrogens (tertiary/aromatic N) is 2. The van der Waals surface area contributed by atoms with Crippen LogP contribution in [0.3, 0.4) is 0 Å². The van der Waals surface area contributed by atoms with Crippen molar-refractivity contribution in [1.82, 2.24) is 9.88 Å². The van der Waals surface area contributed by atoms with Crippen molar-refractivity contribution in [3.63, 3.8) is 0 Å². The average molecular weight is 310 g/mol. The van der Waals surface area contributed by atoms with Crippen molar-refractivity contribution in [3.8, 4) is 5.88 Å². The molecular formula is C15H19FN2O4. The molecule has 1 amide bonds. The van der Waals surface area contributed by atoms with E-state index < -0.39 is 5.82 Å². The van der Waals surface area contributed by atoms with Crippen molar-refractivity contribution in [2.24, 2.45) is 5.92 Å². The second kappa shape index (κ2) is 6.18. The summed E-state index contributed by atoms with van der Waals surface area (Å²) in [6.07, 6.45) is 2.33. The number of aromatic nitrogens is 1. The monoisotopic (exact) mass is 310 g/mol. The smallest absolute Gasteiger partial charge is 0.250 e. The van der Waals surface area contributed by atoms with Gasteiger partial charge in [-0.1, -0.05) is 0 Å².